The van der Waals surface area contributed by atoms with Crippen LogP contribution in [0.3, 0.4) is 0 Å². The molecule has 1 unspecified atom stereocenters. The number of aryl methyl sites for hydroxylation is 1. The van der Waals surface area contributed by atoms with E-state index >= 15 is 0 Å². The highest BCUT2D eigenvalue weighted by Crippen LogP contribution is 2.31. The number of nitrogens with two attached hydrogens (primary N) is 1. The number of fused-ring (bicyclic) bond motifs is 1. The maximum atomic E-state index is 12.2. The van der Waals surface area contributed by atoms with Crippen molar-refractivity contribution in [2.24, 2.45) is 5.73 Å². The van der Waals surface area contributed by atoms with Crippen LogP contribution in [0.5, 0.6) is 0 Å². The van der Waals surface area contributed by atoms with Gasteiger partial charge in [0.05, 0.1) is 5.92 Å². The summed E-state index contributed by atoms with van der Waals surface area (Å²) in [5.74, 6) is 0.109. The summed E-state index contributed by atoms with van der Waals surface area (Å²) in [5, 5.41) is 2.97. The molecule has 3 N–H and O–H groups in total. The van der Waals surface area contributed by atoms with Gasteiger partial charge in [0.1, 0.15) is 0 Å². The number of benzene rings is 1. The molecule has 0 fully saturated rings. The summed E-state index contributed by atoms with van der Waals surface area (Å²) in [6.07, 6.45) is 3.11. The van der Waals surface area contributed by atoms with Crippen molar-refractivity contribution in [1.82, 2.24) is 5.32 Å². The second kappa shape index (κ2) is 6.40. The summed E-state index contributed by atoms with van der Waals surface area (Å²) < 4.78 is 0. The summed E-state index contributed by atoms with van der Waals surface area (Å²) in [7, 11) is 0. The first kappa shape index (κ1) is 16.0. The molecule has 0 bridgehead atoms. The minimum Gasteiger partial charge on any atom is -0.354 e. The monoisotopic (exact) mass is 282 g/mol. The SMILES string of the molecule is CC(C)(N)CNC(=O)C1CCCc2ccccc21.Cl. The lowest BCUT2D eigenvalue weighted by molar-refractivity contribution is -0.123. The first-order chi connectivity index (χ1) is 8.47. The molecule has 1 aliphatic rings. The maximum Gasteiger partial charge on any atom is 0.227 e. The van der Waals surface area contributed by atoms with E-state index in [1.807, 2.05) is 26.0 Å². The molecule has 0 spiro atoms. The molecule has 1 aromatic carbocycles. The van der Waals surface area contributed by atoms with Gasteiger partial charge >= 0.3 is 0 Å². The normalized spacial score (nSPS) is 18.2. The van der Waals surface area contributed by atoms with Crippen molar-refractivity contribution in [2.45, 2.75) is 44.6 Å². The summed E-state index contributed by atoms with van der Waals surface area (Å²) in [5.41, 5.74) is 8.04. The van der Waals surface area contributed by atoms with Crippen molar-refractivity contribution in [3.63, 3.8) is 0 Å². The third-order valence-electron chi connectivity index (χ3n) is 3.40. The zero-order valence-corrected chi connectivity index (χ0v) is 12.4. The molecular weight excluding hydrogens is 260 g/mol. The highest BCUT2D eigenvalue weighted by Gasteiger charge is 2.26. The lowest BCUT2D eigenvalue weighted by atomic mass is 9.82. The fourth-order valence-electron chi connectivity index (χ4n) is 2.46. The average Bonchev–Trinajstić information content (AvgIpc) is 2.34. The average molecular weight is 283 g/mol. The van der Waals surface area contributed by atoms with Gasteiger partial charge in [-0.2, -0.15) is 0 Å². The van der Waals surface area contributed by atoms with E-state index in [9.17, 15) is 4.79 Å². The van der Waals surface area contributed by atoms with Crippen molar-refractivity contribution in [1.29, 1.82) is 0 Å². The van der Waals surface area contributed by atoms with Crippen LogP contribution in [0, 0.1) is 0 Å². The van der Waals surface area contributed by atoms with E-state index in [-0.39, 0.29) is 29.8 Å². The topological polar surface area (TPSA) is 55.1 Å². The number of rotatable bonds is 3. The van der Waals surface area contributed by atoms with Crippen molar-refractivity contribution in [2.75, 3.05) is 6.54 Å². The Balaban J connectivity index is 0.00000180. The Morgan fingerprint density at radius 3 is 2.79 bits per heavy atom. The van der Waals surface area contributed by atoms with Crippen molar-refractivity contribution in [3.05, 3.63) is 35.4 Å². The van der Waals surface area contributed by atoms with E-state index in [0.717, 1.165) is 19.3 Å². The Kier molecular flexibility index (Phi) is 5.39. The van der Waals surface area contributed by atoms with Crippen LogP contribution in [0.15, 0.2) is 24.3 Å². The molecule has 0 aliphatic heterocycles. The minimum absolute atomic E-state index is 0. The fraction of sp³-hybridized carbons (Fsp3) is 0.533. The van der Waals surface area contributed by atoms with Crippen LogP contribution in [0.25, 0.3) is 0 Å². The smallest absolute Gasteiger partial charge is 0.227 e. The zero-order valence-electron chi connectivity index (χ0n) is 11.6. The number of amides is 1. The van der Waals surface area contributed by atoms with Gasteiger partial charge in [0.2, 0.25) is 5.91 Å². The van der Waals surface area contributed by atoms with E-state index in [2.05, 4.69) is 17.4 Å². The number of carbonyl (C=O) groups is 1. The van der Waals surface area contributed by atoms with Crippen LogP contribution >= 0.6 is 12.4 Å². The first-order valence-electron chi connectivity index (χ1n) is 6.62. The summed E-state index contributed by atoms with van der Waals surface area (Å²) in [6, 6.07) is 8.26. The summed E-state index contributed by atoms with van der Waals surface area (Å²) >= 11 is 0. The fourth-order valence-corrected chi connectivity index (χ4v) is 2.46. The van der Waals surface area contributed by atoms with E-state index < -0.39 is 0 Å². The highest BCUT2D eigenvalue weighted by molar-refractivity contribution is 5.85. The van der Waals surface area contributed by atoms with Gasteiger partial charge in [-0.3, -0.25) is 4.79 Å². The number of hydrogen-bond donors (Lipinski definition) is 2. The van der Waals surface area contributed by atoms with E-state index in [4.69, 9.17) is 5.73 Å². The molecule has 19 heavy (non-hydrogen) atoms. The Morgan fingerprint density at radius 2 is 2.11 bits per heavy atom. The molecule has 0 heterocycles. The molecule has 0 saturated heterocycles. The molecule has 106 valence electrons. The summed E-state index contributed by atoms with van der Waals surface area (Å²) in [6.45, 7) is 4.36. The molecule has 0 radical (unpaired) electrons. The van der Waals surface area contributed by atoms with E-state index in [1.54, 1.807) is 0 Å². The molecule has 3 nitrogen and oxygen atoms in total. The maximum absolute atomic E-state index is 12.2. The molecule has 0 aromatic heterocycles. The van der Waals surface area contributed by atoms with Crippen LogP contribution in [0.2, 0.25) is 0 Å². The van der Waals surface area contributed by atoms with Gasteiger partial charge in [0.15, 0.2) is 0 Å². The Bertz CT molecular complexity index is 440. The molecular formula is C15H23ClN2O. The van der Waals surface area contributed by atoms with Gasteiger partial charge in [-0.1, -0.05) is 24.3 Å². The molecule has 0 saturated carbocycles. The largest absolute Gasteiger partial charge is 0.354 e. The summed E-state index contributed by atoms with van der Waals surface area (Å²) in [4.78, 5) is 12.2. The van der Waals surface area contributed by atoms with Crippen molar-refractivity contribution < 1.29 is 4.79 Å². The lowest BCUT2D eigenvalue weighted by Crippen LogP contribution is -2.46. The van der Waals surface area contributed by atoms with Gasteiger partial charge in [-0.15, -0.1) is 12.4 Å². The van der Waals surface area contributed by atoms with E-state index in [1.165, 1.54) is 11.1 Å². The molecule has 1 aliphatic carbocycles. The predicted octanol–water partition coefficient (Wildman–Crippen LogP) is 2.38. The number of hydrogen-bond acceptors (Lipinski definition) is 2. The molecule has 4 heteroatoms. The van der Waals surface area contributed by atoms with Crippen LogP contribution in [0.1, 0.15) is 43.7 Å². The Labute approximate surface area is 121 Å². The third-order valence-corrected chi connectivity index (χ3v) is 3.40. The van der Waals surface area contributed by atoms with Crippen LogP contribution in [0.4, 0.5) is 0 Å². The standard InChI is InChI=1S/C15H22N2O.ClH/c1-15(2,16)10-17-14(18)13-9-5-7-11-6-3-4-8-12(11)13;/h3-4,6,8,13H,5,7,9-10,16H2,1-2H3,(H,17,18);1H. The zero-order chi connectivity index (χ0) is 13.2. The number of halogens is 1. The highest BCUT2D eigenvalue weighted by atomic mass is 35.5. The number of nitrogens with one attached hydrogen (secondary N) is 1. The van der Waals surface area contributed by atoms with E-state index in [0.29, 0.717) is 6.54 Å². The van der Waals surface area contributed by atoms with Gasteiger partial charge in [-0.25, -0.2) is 0 Å². The van der Waals surface area contributed by atoms with Gasteiger partial charge < -0.3 is 11.1 Å². The quantitative estimate of drug-likeness (QED) is 0.894. The molecule has 2 rings (SSSR count). The van der Waals surface area contributed by atoms with Gasteiger partial charge in [0.25, 0.3) is 0 Å². The Hall–Kier alpha value is -1.06. The minimum atomic E-state index is -0.357. The van der Waals surface area contributed by atoms with Crippen LogP contribution in [-0.2, 0) is 11.2 Å². The lowest BCUT2D eigenvalue weighted by Gasteiger charge is -2.26. The Morgan fingerprint density at radius 1 is 1.42 bits per heavy atom. The molecule has 1 amide bonds. The predicted molar refractivity (Wildman–Crippen MR) is 80.6 cm³/mol. The second-order valence-corrected chi connectivity index (χ2v) is 5.85. The van der Waals surface area contributed by atoms with Gasteiger partial charge in [0, 0.05) is 12.1 Å². The molecule has 1 atom stereocenters. The van der Waals surface area contributed by atoms with Crippen molar-refractivity contribution >= 4 is 18.3 Å². The second-order valence-electron chi connectivity index (χ2n) is 5.85. The first-order valence-corrected chi connectivity index (χ1v) is 6.62. The van der Waals surface area contributed by atoms with Crippen LogP contribution < -0.4 is 11.1 Å². The van der Waals surface area contributed by atoms with Crippen molar-refractivity contribution in [3.8, 4) is 0 Å². The third kappa shape index (κ3) is 4.22. The van der Waals surface area contributed by atoms with Gasteiger partial charge in [-0.05, 0) is 44.2 Å². The van der Waals surface area contributed by atoms with Crippen LogP contribution in [-0.4, -0.2) is 18.0 Å². The molecule has 1 aromatic rings. The number of carbonyl (C=O) groups excluding carboxylic acids is 1.